The van der Waals surface area contributed by atoms with Crippen molar-refractivity contribution in [1.29, 1.82) is 0 Å². The summed E-state index contributed by atoms with van der Waals surface area (Å²) in [7, 11) is 0. The predicted molar refractivity (Wildman–Crippen MR) is 208 cm³/mol. The Labute approximate surface area is 308 Å². The first-order chi connectivity index (χ1) is 24.9. The van der Waals surface area contributed by atoms with Crippen LogP contribution in [0.2, 0.25) is 0 Å². The molecule has 0 radical (unpaired) electrons. The van der Waals surface area contributed by atoms with Crippen LogP contribution in [-0.4, -0.2) is 36.7 Å². The van der Waals surface area contributed by atoms with Crippen LogP contribution in [-0.2, 0) is 25.7 Å². The van der Waals surface area contributed by atoms with Gasteiger partial charge in [0.15, 0.2) is 0 Å². The number of thioether (sulfide) groups is 2. The van der Waals surface area contributed by atoms with E-state index in [0.29, 0.717) is 31.3 Å². The van der Waals surface area contributed by atoms with Crippen LogP contribution in [0.15, 0.2) is 138 Å². The normalized spacial score (nSPS) is 10.2. The lowest BCUT2D eigenvalue weighted by atomic mass is 10.0. The maximum atomic E-state index is 11.1. The summed E-state index contributed by atoms with van der Waals surface area (Å²) in [4.78, 5) is 24.5. The second kappa shape index (κ2) is 19.0. The molecule has 0 aromatic heterocycles. The summed E-state index contributed by atoms with van der Waals surface area (Å²) in [5.74, 6) is 14.4. The number of esters is 2. The van der Waals surface area contributed by atoms with Crippen molar-refractivity contribution in [3.63, 3.8) is 0 Å². The standard InChI is InChI=1S/C44H36O5S2/c1-4-43(45)47-26-28-50-39-20-14-34(15-21-39)7-6-33-9-12-37(13-10-33)31-49-42-25-19-38-30-36(18-24-41(38)32(42)3)11-8-35-16-22-40(23-17-35)51-29-27-48-44(46)5-2/h4-5,9-10,12-25,30H,1-2,26-29,31H2,3H3. The zero-order chi connectivity index (χ0) is 35.8. The molecule has 7 heteroatoms. The minimum atomic E-state index is -0.403. The lowest BCUT2D eigenvalue weighted by Crippen LogP contribution is -2.03. The van der Waals surface area contributed by atoms with Crippen LogP contribution in [0.1, 0.15) is 33.4 Å². The summed E-state index contributed by atoms with van der Waals surface area (Å²) in [6.07, 6.45) is 2.34. The van der Waals surface area contributed by atoms with Crippen molar-refractivity contribution in [3.8, 4) is 29.4 Å². The molecule has 0 spiro atoms. The molecule has 5 rings (SSSR count). The quantitative estimate of drug-likeness (QED) is 0.0398. The van der Waals surface area contributed by atoms with Gasteiger partial charge in [-0.15, -0.1) is 23.5 Å². The molecule has 0 aliphatic rings. The number of hydrogen-bond acceptors (Lipinski definition) is 7. The van der Waals surface area contributed by atoms with E-state index < -0.39 is 11.9 Å². The average molecular weight is 709 g/mol. The third kappa shape index (κ3) is 11.5. The number of carbonyl (C=O) groups excluding carboxylic acids is 2. The maximum Gasteiger partial charge on any atom is 0.330 e. The molecule has 5 aromatic rings. The molecule has 0 saturated carbocycles. The topological polar surface area (TPSA) is 61.8 Å². The van der Waals surface area contributed by atoms with Gasteiger partial charge in [-0.05, 0) is 108 Å². The van der Waals surface area contributed by atoms with Crippen molar-refractivity contribution >= 4 is 46.2 Å². The second-order valence-electron chi connectivity index (χ2n) is 11.1. The Balaban J connectivity index is 1.11. The van der Waals surface area contributed by atoms with Crippen molar-refractivity contribution < 1.29 is 23.8 Å². The number of benzene rings is 5. The molecule has 0 amide bonds. The third-order valence-corrected chi connectivity index (χ3v) is 9.48. The van der Waals surface area contributed by atoms with E-state index in [-0.39, 0.29) is 0 Å². The van der Waals surface area contributed by atoms with Crippen LogP contribution >= 0.6 is 23.5 Å². The molecule has 0 fully saturated rings. The molecule has 0 unspecified atom stereocenters. The molecular formula is C44H36O5S2. The monoisotopic (exact) mass is 708 g/mol. The van der Waals surface area contributed by atoms with Crippen LogP contribution < -0.4 is 4.74 Å². The van der Waals surface area contributed by atoms with Crippen molar-refractivity contribution in [1.82, 2.24) is 0 Å². The molecule has 0 atom stereocenters. The molecule has 5 nitrogen and oxygen atoms in total. The SMILES string of the molecule is C=CC(=O)OCCSc1ccc(C#Cc2ccc(COc3ccc4cc(C#Cc5ccc(SCCOC(=O)C=C)cc5)ccc4c3C)cc2)cc1. The fourth-order valence-electron chi connectivity index (χ4n) is 4.82. The number of aryl methyl sites for hydroxylation is 1. The Kier molecular flexibility index (Phi) is 13.6. The lowest BCUT2D eigenvalue weighted by molar-refractivity contribution is -0.138. The van der Waals surface area contributed by atoms with Crippen molar-refractivity contribution in [2.24, 2.45) is 0 Å². The highest BCUT2D eigenvalue weighted by atomic mass is 32.2. The van der Waals surface area contributed by atoms with Crippen LogP contribution in [0.4, 0.5) is 0 Å². The zero-order valence-corrected chi connectivity index (χ0v) is 29.9. The van der Waals surface area contributed by atoms with E-state index in [1.807, 2.05) is 84.9 Å². The Morgan fingerprint density at radius 2 is 1.10 bits per heavy atom. The smallest absolute Gasteiger partial charge is 0.330 e. The van der Waals surface area contributed by atoms with Gasteiger partial charge in [0.2, 0.25) is 0 Å². The van der Waals surface area contributed by atoms with E-state index in [9.17, 15) is 9.59 Å². The van der Waals surface area contributed by atoms with E-state index in [2.05, 4.69) is 62.0 Å². The summed E-state index contributed by atoms with van der Waals surface area (Å²) in [5.41, 5.74) is 5.88. The minimum absolute atomic E-state index is 0.344. The summed E-state index contributed by atoms with van der Waals surface area (Å²) >= 11 is 3.24. The van der Waals surface area contributed by atoms with E-state index in [1.165, 1.54) is 12.2 Å². The highest BCUT2D eigenvalue weighted by molar-refractivity contribution is 7.99. The molecule has 0 heterocycles. The summed E-state index contributed by atoms with van der Waals surface area (Å²) < 4.78 is 16.3. The van der Waals surface area contributed by atoms with Gasteiger partial charge in [0.1, 0.15) is 25.6 Å². The van der Waals surface area contributed by atoms with Crippen molar-refractivity contribution in [2.75, 3.05) is 24.7 Å². The highest BCUT2D eigenvalue weighted by Gasteiger charge is 2.07. The first-order valence-corrected chi connectivity index (χ1v) is 18.2. The van der Waals surface area contributed by atoms with E-state index in [4.69, 9.17) is 14.2 Å². The molecule has 0 bridgehead atoms. The van der Waals surface area contributed by atoms with Crippen molar-refractivity contribution in [3.05, 3.63) is 162 Å². The van der Waals surface area contributed by atoms with Crippen LogP contribution in [0.5, 0.6) is 5.75 Å². The Morgan fingerprint density at radius 3 is 1.61 bits per heavy atom. The highest BCUT2D eigenvalue weighted by Crippen LogP contribution is 2.29. The fourth-order valence-corrected chi connectivity index (χ4v) is 6.29. The molecule has 0 saturated heterocycles. The number of fused-ring (bicyclic) bond motifs is 1. The van der Waals surface area contributed by atoms with Gasteiger partial charge in [-0.3, -0.25) is 0 Å². The first-order valence-electron chi connectivity index (χ1n) is 16.2. The minimum Gasteiger partial charge on any atom is -0.489 e. The zero-order valence-electron chi connectivity index (χ0n) is 28.3. The van der Waals surface area contributed by atoms with Gasteiger partial charge < -0.3 is 14.2 Å². The Morgan fingerprint density at radius 1 is 0.627 bits per heavy atom. The number of hydrogen-bond donors (Lipinski definition) is 0. The molecule has 0 aliphatic heterocycles. The summed E-state index contributed by atoms with van der Waals surface area (Å²) in [6.45, 7) is 10.0. The van der Waals surface area contributed by atoms with Crippen LogP contribution in [0, 0.1) is 30.6 Å². The Bertz CT molecular complexity index is 2130. The van der Waals surface area contributed by atoms with Crippen LogP contribution in [0.25, 0.3) is 10.8 Å². The number of ether oxygens (including phenoxy) is 3. The van der Waals surface area contributed by atoms with Gasteiger partial charge in [0.25, 0.3) is 0 Å². The van der Waals surface area contributed by atoms with Crippen LogP contribution in [0.3, 0.4) is 0 Å². The maximum absolute atomic E-state index is 11.1. The molecule has 0 N–H and O–H groups in total. The van der Waals surface area contributed by atoms with Gasteiger partial charge in [0, 0.05) is 55.7 Å². The average Bonchev–Trinajstić information content (AvgIpc) is 3.17. The lowest BCUT2D eigenvalue weighted by Gasteiger charge is -2.12. The molecule has 0 aliphatic carbocycles. The molecule has 254 valence electrons. The first kappa shape index (κ1) is 36.7. The summed E-state index contributed by atoms with van der Waals surface area (Å²) in [5, 5.41) is 2.24. The number of rotatable bonds is 13. The molecule has 51 heavy (non-hydrogen) atoms. The van der Waals surface area contributed by atoms with E-state index in [1.54, 1.807) is 23.5 Å². The second-order valence-corrected chi connectivity index (χ2v) is 13.4. The predicted octanol–water partition coefficient (Wildman–Crippen LogP) is 9.17. The molecule has 5 aromatic carbocycles. The number of carbonyl (C=O) groups is 2. The summed E-state index contributed by atoms with van der Waals surface area (Å²) in [6, 6.07) is 34.5. The van der Waals surface area contributed by atoms with E-state index in [0.717, 1.165) is 59.7 Å². The van der Waals surface area contributed by atoms with Gasteiger partial charge >= 0.3 is 11.9 Å². The van der Waals surface area contributed by atoms with Gasteiger partial charge in [-0.2, -0.15) is 0 Å². The van der Waals surface area contributed by atoms with Gasteiger partial charge in [0.05, 0.1) is 0 Å². The largest absolute Gasteiger partial charge is 0.489 e. The van der Waals surface area contributed by atoms with Gasteiger partial charge in [-0.25, -0.2) is 9.59 Å². The van der Waals surface area contributed by atoms with Crippen molar-refractivity contribution in [2.45, 2.75) is 23.3 Å². The molecular weight excluding hydrogens is 673 g/mol. The van der Waals surface area contributed by atoms with E-state index >= 15 is 0 Å². The third-order valence-electron chi connectivity index (χ3n) is 7.52. The fraction of sp³-hybridized carbons (Fsp3) is 0.136. The Hall–Kier alpha value is -5.60. The van der Waals surface area contributed by atoms with Gasteiger partial charge in [-0.1, -0.05) is 61.1 Å².